The minimum atomic E-state index is -3.94. The van der Waals surface area contributed by atoms with Crippen molar-refractivity contribution >= 4 is 27.3 Å². The van der Waals surface area contributed by atoms with Crippen LogP contribution in [0, 0.1) is 17.0 Å². The fraction of sp³-hybridized carbons (Fsp3) is 0.679. The second kappa shape index (κ2) is 16.8. The van der Waals surface area contributed by atoms with Crippen LogP contribution in [-0.4, -0.2) is 36.0 Å². The van der Waals surface area contributed by atoms with Crippen LogP contribution in [0.5, 0.6) is 0 Å². The highest BCUT2D eigenvalue weighted by Crippen LogP contribution is 2.28. The summed E-state index contributed by atoms with van der Waals surface area (Å²) >= 11 is 5.79. The largest absolute Gasteiger partial charge is 0.376 e. The molecule has 1 heterocycles. The second-order valence-electron chi connectivity index (χ2n) is 10.2. The Morgan fingerprint density at radius 1 is 0.949 bits per heavy atom. The van der Waals surface area contributed by atoms with Crippen LogP contribution in [0.1, 0.15) is 108 Å². The molecule has 0 saturated heterocycles. The number of nitro benzene ring substituents is 1. The number of nitrogens with zero attached hydrogens (tertiary/aromatic N) is 3. The topological polar surface area (TPSA) is 116 Å². The number of aryl methyl sites for hydroxylation is 1. The van der Waals surface area contributed by atoms with Crippen LogP contribution in [0.25, 0.3) is 5.69 Å². The van der Waals surface area contributed by atoms with Crippen molar-refractivity contribution in [2.75, 3.05) is 13.6 Å². The zero-order chi connectivity index (χ0) is 28.8. The number of rotatable bonds is 20. The van der Waals surface area contributed by atoms with E-state index in [1.807, 2.05) is 0 Å². The van der Waals surface area contributed by atoms with Crippen molar-refractivity contribution in [3.8, 4) is 5.69 Å². The lowest BCUT2D eigenvalue weighted by Gasteiger charge is -2.17. The highest BCUT2D eigenvalue weighted by atomic mass is 35.5. The maximum atomic E-state index is 13.1. The summed E-state index contributed by atoms with van der Waals surface area (Å²) in [5.41, 5.74) is -1.12. The quantitative estimate of drug-likeness (QED) is 0.0688. The lowest BCUT2D eigenvalue weighted by atomic mass is 10.0. The van der Waals surface area contributed by atoms with E-state index in [0.29, 0.717) is 6.54 Å². The van der Waals surface area contributed by atoms with Crippen molar-refractivity contribution in [2.45, 2.75) is 115 Å². The summed E-state index contributed by atoms with van der Waals surface area (Å²) in [6.07, 6.45) is 17.0. The van der Waals surface area contributed by atoms with Gasteiger partial charge in [-0.1, -0.05) is 90.4 Å². The zero-order valence-corrected chi connectivity index (χ0v) is 25.2. The van der Waals surface area contributed by atoms with Gasteiger partial charge in [0.25, 0.3) is 11.2 Å². The molecule has 2 aromatic rings. The van der Waals surface area contributed by atoms with Crippen LogP contribution in [0.2, 0.25) is 0 Å². The van der Waals surface area contributed by atoms with E-state index >= 15 is 0 Å². The Labute approximate surface area is 237 Å². The molecule has 39 heavy (non-hydrogen) atoms. The Bertz CT molecular complexity index is 1210. The van der Waals surface area contributed by atoms with Gasteiger partial charge in [0.05, 0.1) is 21.3 Å². The Hall–Kier alpha value is -2.17. The summed E-state index contributed by atoms with van der Waals surface area (Å²) in [5.74, 6) is 0.139. The molecule has 0 atom stereocenters. The van der Waals surface area contributed by atoms with Gasteiger partial charge >= 0.3 is 0 Å². The first-order valence-electron chi connectivity index (χ1n) is 14.2. The van der Waals surface area contributed by atoms with E-state index in [9.17, 15) is 23.3 Å². The lowest BCUT2D eigenvalue weighted by molar-refractivity contribution is -0.385. The van der Waals surface area contributed by atoms with Crippen molar-refractivity contribution in [3.63, 3.8) is 0 Å². The predicted molar refractivity (Wildman–Crippen MR) is 155 cm³/mol. The molecule has 0 amide bonds. The molecule has 220 valence electrons. The van der Waals surface area contributed by atoms with Gasteiger partial charge in [-0.25, -0.2) is 12.7 Å². The van der Waals surface area contributed by atoms with Crippen molar-refractivity contribution in [1.82, 2.24) is 9.05 Å². The number of hydrogen-bond acceptors (Lipinski definition) is 6. The third kappa shape index (κ3) is 9.76. The average molecular weight is 586 g/mol. The highest BCUT2D eigenvalue weighted by molar-refractivity contribution is 7.89. The van der Waals surface area contributed by atoms with Gasteiger partial charge in [-0.15, -0.1) is 16.3 Å². The Kier molecular flexibility index (Phi) is 14.3. The Balaban J connectivity index is 1.82. The van der Waals surface area contributed by atoms with E-state index in [0.717, 1.165) is 36.5 Å². The molecule has 1 aromatic carbocycles. The maximum absolute atomic E-state index is 13.1. The monoisotopic (exact) mass is 585 g/mol. The molecule has 0 aliphatic heterocycles. The lowest BCUT2D eigenvalue weighted by Crippen LogP contribution is -2.28. The van der Waals surface area contributed by atoms with Crippen molar-refractivity contribution in [1.29, 1.82) is 0 Å². The summed E-state index contributed by atoms with van der Waals surface area (Å²) in [4.78, 5) is 23.3. The number of benzene rings is 1. The number of alkyl halides is 1. The van der Waals surface area contributed by atoms with Gasteiger partial charge in [-0.05, 0) is 25.5 Å². The number of unbranched alkanes of at least 4 members (excludes halogenated alkanes) is 13. The first-order valence-corrected chi connectivity index (χ1v) is 16.2. The predicted octanol–water partition coefficient (Wildman–Crippen LogP) is 7.49. The number of nitro groups is 1. The van der Waals surface area contributed by atoms with Crippen LogP contribution >= 0.6 is 11.6 Å². The van der Waals surface area contributed by atoms with Crippen LogP contribution in [0.3, 0.4) is 0 Å². The molecule has 0 aliphatic carbocycles. The molecule has 0 aliphatic rings. The van der Waals surface area contributed by atoms with Crippen molar-refractivity contribution in [3.05, 3.63) is 50.0 Å². The molecule has 9 nitrogen and oxygen atoms in total. The molecule has 0 N–H and O–H groups in total. The van der Waals surface area contributed by atoms with Gasteiger partial charge in [0.2, 0.25) is 10.0 Å². The highest BCUT2D eigenvalue weighted by Gasteiger charge is 2.27. The van der Waals surface area contributed by atoms with Crippen LogP contribution < -0.4 is 5.56 Å². The van der Waals surface area contributed by atoms with Crippen LogP contribution in [-0.2, 0) is 15.9 Å². The van der Waals surface area contributed by atoms with Crippen molar-refractivity contribution < 1.29 is 17.9 Å². The zero-order valence-electron chi connectivity index (χ0n) is 23.6. The molecule has 0 radical (unpaired) electrons. The smallest absolute Gasteiger partial charge is 0.297 e. The second-order valence-corrected chi connectivity index (χ2v) is 12.5. The number of sulfonamides is 1. The fourth-order valence-corrected chi connectivity index (χ4v) is 6.16. The average Bonchev–Trinajstić information content (AvgIpc) is 3.20. The minimum absolute atomic E-state index is 0.106. The van der Waals surface area contributed by atoms with E-state index in [2.05, 4.69) is 6.92 Å². The molecule has 1 aromatic heterocycles. The molecular weight excluding hydrogens is 542 g/mol. The summed E-state index contributed by atoms with van der Waals surface area (Å²) in [6, 6.07) is 3.44. The van der Waals surface area contributed by atoms with Gasteiger partial charge in [0.1, 0.15) is 5.76 Å². The molecule has 0 spiro atoms. The van der Waals surface area contributed by atoms with E-state index in [-0.39, 0.29) is 27.8 Å². The summed E-state index contributed by atoms with van der Waals surface area (Å²) < 4.78 is 33.5. The third-order valence-corrected chi connectivity index (χ3v) is 9.25. The van der Waals surface area contributed by atoms with Gasteiger partial charge in [-0.2, -0.15) is 0 Å². The Morgan fingerprint density at radius 2 is 1.46 bits per heavy atom. The number of hydrogen-bond donors (Lipinski definition) is 0. The van der Waals surface area contributed by atoms with Crippen LogP contribution in [0.4, 0.5) is 5.69 Å². The third-order valence-electron chi connectivity index (χ3n) is 7.13. The van der Waals surface area contributed by atoms with Crippen molar-refractivity contribution in [2.24, 2.45) is 0 Å². The molecular formula is C28H44ClN3O6S. The normalized spacial score (nSPS) is 11.9. The van der Waals surface area contributed by atoms with E-state index in [1.165, 1.54) is 94.6 Å². The van der Waals surface area contributed by atoms with Gasteiger partial charge in [-0.3, -0.25) is 14.9 Å². The first kappa shape index (κ1) is 33.0. The molecule has 0 bridgehead atoms. The van der Waals surface area contributed by atoms with Gasteiger partial charge in [0.15, 0.2) is 5.69 Å². The maximum Gasteiger partial charge on any atom is 0.297 e. The minimum Gasteiger partial charge on any atom is -0.376 e. The summed E-state index contributed by atoms with van der Waals surface area (Å²) in [7, 11) is -2.46. The Morgan fingerprint density at radius 3 is 1.92 bits per heavy atom. The molecule has 0 fully saturated rings. The number of aromatic nitrogens is 1. The van der Waals surface area contributed by atoms with Gasteiger partial charge < -0.3 is 4.52 Å². The van der Waals surface area contributed by atoms with E-state index < -0.39 is 26.2 Å². The molecule has 11 heteroatoms. The summed E-state index contributed by atoms with van der Waals surface area (Å²) in [5, 5.41) is 11.7. The van der Waals surface area contributed by atoms with E-state index in [1.54, 1.807) is 0 Å². The van der Waals surface area contributed by atoms with E-state index in [4.69, 9.17) is 16.1 Å². The standard InChI is InChI=1S/C28H44ClN3O6S/c1-4-5-6-7-8-9-10-11-12-13-14-15-16-17-20-30(3)39(36,37)24-18-19-26(27(21-24)32(34)35)31-28(33)25(22-29)23(2)38-31/h18-19,21H,4-17,20,22H2,1-3H3. The van der Waals surface area contributed by atoms with Crippen LogP contribution in [0.15, 0.2) is 32.4 Å². The fourth-order valence-electron chi connectivity index (χ4n) is 4.63. The SMILES string of the molecule is CCCCCCCCCCCCCCCCN(C)S(=O)(=O)c1ccc(-n2oc(C)c(CCl)c2=O)c([N+](=O)[O-])c1. The van der Waals surface area contributed by atoms with Gasteiger partial charge in [0, 0.05) is 19.7 Å². The summed E-state index contributed by atoms with van der Waals surface area (Å²) in [6.45, 7) is 4.10. The molecule has 0 saturated carbocycles. The molecule has 0 unspecified atom stereocenters. The first-order chi connectivity index (χ1) is 18.6. The molecule has 2 rings (SSSR count). The number of halogens is 1.